The van der Waals surface area contributed by atoms with E-state index in [1.54, 1.807) is 12.3 Å². The van der Waals surface area contributed by atoms with E-state index < -0.39 is 0 Å². The van der Waals surface area contributed by atoms with E-state index in [0.717, 1.165) is 24.9 Å². The lowest BCUT2D eigenvalue weighted by Gasteiger charge is -2.34. The minimum absolute atomic E-state index is 0.0144. The summed E-state index contributed by atoms with van der Waals surface area (Å²) in [6, 6.07) is 9.54. The number of amides is 1. The topological polar surface area (TPSA) is 42.3 Å². The average molecular weight is 338 g/mol. The highest BCUT2D eigenvalue weighted by molar-refractivity contribution is 5.82. The molecule has 0 bridgehead atoms. The summed E-state index contributed by atoms with van der Waals surface area (Å²) in [7, 11) is 0. The van der Waals surface area contributed by atoms with Crippen LogP contribution in [0.5, 0.6) is 0 Å². The van der Waals surface area contributed by atoms with Gasteiger partial charge in [-0.15, -0.1) is 0 Å². The zero-order chi connectivity index (χ0) is 17.2. The van der Waals surface area contributed by atoms with Gasteiger partial charge in [0.15, 0.2) is 5.43 Å². The van der Waals surface area contributed by atoms with Crippen molar-refractivity contribution < 1.29 is 4.79 Å². The molecule has 0 spiro atoms. The number of rotatable bonds is 3. The zero-order valence-corrected chi connectivity index (χ0v) is 14.7. The summed E-state index contributed by atoms with van der Waals surface area (Å²) in [5, 5.41) is 0.683. The average Bonchev–Trinajstić information content (AvgIpc) is 3.15. The Labute approximate surface area is 148 Å². The third-order valence-electron chi connectivity index (χ3n) is 6.00. The fourth-order valence-corrected chi connectivity index (χ4v) is 4.75. The normalized spacial score (nSPS) is 21.8. The molecule has 2 aliphatic rings. The molecule has 1 aromatic heterocycles. The zero-order valence-electron chi connectivity index (χ0n) is 14.7. The Balaban J connectivity index is 1.55. The van der Waals surface area contributed by atoms with Gasteiger partial charge in [0.1, 0.15) is 6.54 Å². The summed E-state index contributed by atoms with van der Waals surface area (Å²) in [5.41, 5.74) is 0.859. The molecular weight excluding hydrogens is 312 g/mol. The first-order valence-corrected chi connectivity index (χ1v) is 9.62. The minimum atomic E-state index is 0.0144. The molecular formula is C21H26N2O2. The third-order valence-corrected chi connectivity index (χ3v) is 6.00. The molecule has 25 heavy (non-hydrogen) atoms. The fraction of sp³-hybridized carbons (Fsp3) is 0.524. The molecule has 4 heteroatoms. The van der Waals surface area contributed by atoms with E-state index in [4.69, 9.17) is 0 Å². The van der Waals surface area contributed by atoms with E-state index >= 15 is 0 Å². The predicted octanol–water partition coefficient (Wildman–Crippen LogP) is 3.57. The van der Waals surface area contributed by atoms with Crippen molar-refractivity contribution in [3.8, 4) is 0 Å². The molecule has 1 amide bonds. The highest BCUT2D eigenvalue weighted by atomic mass is 16.2. The quantitative estimate of drug-likeness (QED) is 0.858. The second-order valence-electron chi connectivity index (χ2n) is 7.52. The lowest BCUT2D eigenvalue weighted by molar-refractivity contribution is -0.133. The largest absolute Gasteiger partial charge is 0.338 e. The van der Waals surface area contributed by atoms with Gasteiger partial charge in [0, 0.05) is 30.2 Å². The highest BCUT2D eigenvalue weighted by Gasteiger charge is 2.35. The molecule has 4 nitrogen and oxygen atoms in total. The van der Waals surface area contributed by atoms with Gasteiger partial charge >= 0.3 is 0 Å². The van der Waals surface area contributed by atoms with Gasteiger partial charge in [0.25, 0.3) is 0 Å². The number of nitrogens with zero attached hydrogens (tertiary/aromatic N) is 2. The van der Waals surface area contributed by atoms with Gasteiger partial charge in [-0.3, -0.25) is 9.59 Å². The van der Waals surface area contributed by atoms with Crippen molar-refractivity contribution >= 4 is 16.8 Å². The van der Waals surface area contributed by atoms with Crippen LogP contribution in [-0.4, -0.2) is 28.0 Å². The molecule has 132 valence electrons. The van der Waals surface area contributed by atoms with Crippen LogP contribution >= 0.6 is 0 Å². The van der Waals surface area contributed by atoms with E-state index in [2.05, 4.69) is 4.90 Å². The summed E-state index contributed by atoms with van der Waals surface area (Å²) in [5.74, 6) is 0.882. The number of hydrogen-bond donors (Lipinski definition) is 0. The number of para-hydroxylation sites is 1. The summed E-state index contributed by atoms with van der Waals surface area (Å²) < 4.78 is 1.93. The van der Waals surface area contributed by atoms with Gasteiger partial charge in [-0.1, -0.05) is 31.4 Å². The minimum Gasteiger partial charge on any atom is -0.338 e. The predicted molar refractivity (Wildman–Crippen MR) is 99.5 cm³/mol. The molecule has 1 aromatic carbocycles. The van der Waals surface area contributed by atoms with Crippen molar-refractivity contribution in [2.24, 2.45) is 5.92 Å². The first-order chi connectivity index (χ1) is 12.2. The maximum Gasteiger partial charge on any atom is 0.242 e. The van der Waals surface area contributed by atoms with Gasteiger partial charge in [-0.05, 0) is 43.7 Å². The van der Waals surface area contributed by atoms with Crippen LogP contribution in [0, 0.1) is 5.92 Å². The van der Waals surface area contributed by atoms with Crippen LogP contribution in [0.4, 0.5) is 0 Å². The number of carbonyl (C=O) groups is 1. The number of aromatic nitrogens is 1. The van der Waals surface area contributed by atoms with Crippen molar-refractivity contribution in [1.82, 2.24) is 9.47 Å². The molecule has 1 atom stereocenters. The Morgan fingerprint density at radius 2 is 1.80 bits per heavy atom. The second-order valence-corrected chi connectivity index (χ2v) is 7.52. The summed E-state index contributed by atoms with van der Waals surface area (Å²) in [4.78, 5) is 27.2. The SMILES string of the molecule is O=C(Cn1ccc(=O)c2ccccc21)N1CCC[C@H]1C1CCCCC1. The molecule has 0 N–H and O–H groups in total. The molecule has 0 unspecified atom stereocenters. The van der Waals surface area contributed by atoms with Crippen molar-refractivity contribution in [2.75, 3.05) is 6.54 Å². The van der Waals surface area contributed by atoms with Gasteiger partial charge in [0.2, 0.25) is 5.91 Å². The van der Waals surface area contributed by atoms with Crippen LogP contribution in [0.1, 0.15) is 44.9 Å². The Morgan fingerprint density at radius 3 is 2.64 bits per heavy atom. The summed E-state index contributed by atoms with van der Waals surface area (Å²) in [6.45, 7) is 1.21. The van der Waals surface area contributed by atoms with Crippen LogP contribution in [0.15, 0.2) is 41.3 Å². The second kappa shape index (κ2) is 7.03. The van der Waals surface area contributed by atoms with Crippen LogP contribution in [0.2, 0.25) is 0 Å². The number of carbonyl (C=O) groups excluding carboxylic acids is 1. The fourth-order valence-electron chi connectivity index (χ4n) is 4.75. The lowest BCUT2D eigenvalue weighted by Crippen LogP contribution is -2.42. The number of fused-ring (bicyclic) bond motifs is 1. The standard InChI is InChI=1S/C21H26N2O2/c24-20-12-14-22(19-10-5-4-9-17(19)20)15-21(25)23-13-6-11-18(23)16-7-2-1-3-8-16/h4-5,9-10,12,14,16,18H,1-3,6-8,11,13,15H2/t18-/m0/s1. The van der Waals surface area contributed by atoms with Crippen molar-refractivity contribution in [3.05, 3.63) is 46.8 Å². The molecule has 1 aliphatic carbocycles. The first-order valence-electron chi connectivity index (χ1n) is 9.62. The monoisotopic (exact) mass is 338 g/mol. The number of pyridine rings is 1. The van der Waals surface area contributed by atoms with Gasteiger partial charge in [-0.2, -0.15) is 0 Å². The van der Waals surface area contributed by atoms with E-state index in [-0.39, 0.29) is 11.3 Å². The third kappa shape index (κ3) is 3.22. The molecule has 4 rings (SSSR count). The smallest absolute Gasteiger partial charge is 0.242 e. The van der Waals surface area contributed by atoms with E-state index in [0.29, 0.717) is 23.9 Å². The van der Waals surface area contributed by atoms with Crippen molar-refractivity contribution in [1.29, 1.82) is 0 Å². The summed E-state index contributed by atoms with van der Waals surface area (Å²) in [6.07, 6.45) is 10.6. The number of benzene rings is 1. The van der Waals surface area contributed by atoms with Gasteiger partial charge in [0.05, 0.1) is 5.52 Å². The van der Waals surface area contributed by atoms with Crippen LogP contribution < -0.4 is 5.43 Å². The van der Waals surface area contributed by atoms with Crippen LogP contribution in [-0.2, 0) is 11.3 Å². The van der Waals surface area contributed by atoms with Crippen molar-refractivity contribution in [3.63, 3.8) is 0 Å². The molecule has 2 heterocycles. The van der Waals surface area contributed by atoms with Gasteiger partial charge < -0.3 is 9.47 Å². The molecule has 2 fully saturated rings. The number of likely N-dealkylation sites (tertiary alicyclic amines) is 1. The van der Waals surface area contributed by atoms with Crippen LogP contribution in [0.3, 0.4) is 0 Å². The van der Waals surface area contributed by atoms with Gasteiger partial charge in [-0.25, -0.2) is 0 Å². The van der Waals surface area contributed by atoms with E-state index in [9.17, 15) is 9.59 Å². The van der Waals surface area contributed by atoms with Crippen LogP contribution in [0.25, 0.3) is 10.9 Å². The Morgan fingerprint density at radius 1 is 1.00 bits per heavy atom. The Kier molecular flexibility index (Phi) is 4.60. The Bertz CT molecular complexity index is 820. The molecule has 1 saturated carbocycles. The Hall–Kier alpha value is -2.10. The molecule has 1 saturated heterocycles. The number of hydrogen-bond acceptors (Lipinski definition) is 2. The molecule has 0 radical (unpaired) electrons. The molecule has 1 aliphatic heterocycles. The first kappa shape index (κ1) is 16.4. The highest BCUT2D eigenvalue weighted by Crippen LogP contribution is 2.34. The lowest BCUT2D eigenvalue weighted by atomic mass is 9.83. The maximum absolute atomic E-state index is 13.0. The van der Waals surface area contributed by atoms with E-state index in [1.807, 2.05) is 28.8 Å². The molecule has 2 aromatic rings. The van der Waals surface area contributed by atoms with E-state index in [1.165, 1.54) is 32.1 Å². The summed E-state index contributed by atoms with van der Waals surface area (Å²) >= 11 is 0. The van der Waals surface area contributed by atoms with Crippen molar-refractivity contribution in [2.45, 2.75) is 57.5 Å². The maximum atomic E-state index is 13.0.